The number of nitrogens with one attached hydrogen (secondary N) is 1. The fourth-order valence-corrected chi connectivity index (χ4v) is 3.10. The van der Waals surface area contributed by atoms with E-state index in [4.69, 9.17) is 9.47 Å². The van der Waals surface area contributed by atoms with Crippen molar-refractivity contribution in [1.29, 1.82) is 0 Å². The van der Waals surface area contributed by atoms with E-state index in [2.05, 4.69) is 4.72 Å². The number of rotatable bonds is 7. The normalized spacial score (nSPS) is 11.4. The summed E-state index contributed by atoms with van der Waals surface area (Å²) in [5.41, 5.74) is 1.04. The number of esters is 1. The summed E-state index contributed by atoms with van der Waals surface area (Å²) in [6.07, 6.45) is 0. The molecule has 0 aliphatic rings. The molecular formula is C18H21NO5S. The van der Waals surface area contributed by atoms with E-state index in [1.807, 2.05) is 13.8 Å². The molecule has 0 radical (unpaired) electrons. The molecule has 0 unspecified atom stereocenters. The zero-order valence-electron chi connectivity index (χ0n) is 14.4. The Morgan fingerprint density at radius 1 is 1.04 bits per heavy atom. The van der Waals surface area contributed by atoms with E-state index in [1.54, 1.807) is 36.4 Å². The molecule has 0 heterocycles. The first-order chi connectivity index (χ1) is 11.8. The molecule has 0 bridgehead atoms. The van der Waals surface area contributed by atoms with E-state index in [0.29, 0.717) is 11.7 Å². The number of ether oxygens (including phenoxy) is 2. The smallest absolute Gasteiger partial charge is 0.326 e. The van der Waals surface area contributed by atoms with Crippen molar-refractivity contribution in [2.75, 3.05) is 13.7 Å². The number of sulfonamides is 1. The summed E-state index contributed by atoms with van der Waals surface area (Å²) in [7, 11) is -2.33. The van der Waals surface area contributed by atoms with Crippen LogP contribution < -0.4 is 14.2 Å². The second kappa shape index (κ2) is 8.13. The second-order valence-electron chi connectivity index (χ2n) is 5.67. The van der Waals surface area contributed by atoms with Gasteiger partial charge in [0.25, 0.3) is 0 Å². The number of hydrogen-bond acceptors (Lipinski definition) is 5. The molecule has 0 amide bonds. The fourth-order valence-electron chi connectivity index (χ4n) is 2.13. The summed E-state index contributed by atoms with van der Waals surface area (Å²) in [6.45, 7) is 3.57. The predicted octanol–water partition coefficient (Wildman–Crippen LogP) is 2.70. The maximum atomic E-state index is 12.2. The van der Waals surface area contributed by atoms with Gasteiger partial charge >= 0.3 is 5.97 Å². The summed E-state index contributed by atoms with van der Waals surface area (Å²) in [5, 5.41) is 0. The van der Waals surface area contributed by atoms with E-state index in [0.717, 1.165) is 5.56 Å². The van der Waals surface area contributed by atoms with Gasteiger partial charge in [0, 0.05) is 0 Å². The second-order valence-corrected chi connectivity index (χ2v) is 7.44. The molecule has 25 heavy (non-hydrogen) atoms. The monoisotopic (exact) mass is 363 g/mol. The zero-order chi connectivity index (χ0) is 18.4. The lowest BCUT2D eigenvalue weighted by molar-refractivity contribution is -0.133. The molecule has 0 saturated carbocycles. The SMILES string of the molecule is COc1ccccc1OC(=O)CNS(=O)(=O)c1ccc(C(C)C)cc1. The molecule has 6 nitrogen and oxygen atoms in total. The highest BCUT2D eigenvalue weighted by Gasteiger charge is 2.17. The summed E-state index contributed by atoms with van der Waals surface area (Å²) in [5.74, 6) is 0.200. The zero-order valence-corrected chi connectivity index (χ0v) is 15.2. The van der Waals surface area contributed by atoms with Crippen LogP contribution in [0, 0.1) is 0 Å². The molecule has 2 aromatic carbocycles. The van der Waals surface area contributed by atoms with Crippen LogP contribution in [-0.4, -0.2) is 28.0 Å². The van der Waals surface area contributed by atoms with Crippen LogP contribution in [0.4, 0.5) is 0 Å². The van der Waals surface area contributed by atoms with Crippen molar-refractivity contribution >= 4 is 16.0 Å². The van der Waals surface area contributed by atoms with Gasteiger partial charge in [-0.1, -0.05) is 38.1 Å². The Balaban J connectivity index is 2.00. The molecule has 0 atom stereocenters. The number of carbonyl (C=O) groups is 1. The Labute approximate surface area is 147 Å². The van der Waals surface area contributed by atoms with Gasteiger partial charge in [0.05, 0.1) is 12.0 Å². The van der Waals surface area contributed by atoms with Crippen molar-refractivity contribution in [2.45, 2.75) is 24.7 Å². The lowest BCUT2D eigenvalue weighted by atomic mass is 10.0. The average Bonchev–Trinajstić information content (AvgIpc) is 2.60. The maximum Gasteiger partial charge on any atom is 0.326 e. The number of para-hydroxylation sites is 2. The minimum Gasteiger partial charge on any atom is -0.493 e. The highest BCUT2D eigenvalue weighted by molar-refractivity contribution is 7.89. The van der Waals surface area contributed by atoms with Crippen LogP contribution in [0.1, 0.15) is 25.3 Å². The van der Waals surface area contributed by atoms with Crippen LogP contribution in [0.15, 0.2) is 53.4 Å². The molecule has 0 saturated heterocycles. The van der Waals surface area contributed by atoms with E-state index in [1.165, 1.54) is 19.2 Å². The summed E-state index contributed by atoms with van der Waals surface area (Å²) < 4.78 is 36.9. The summed E-state index contributed by atoms with van der Waals surface area (Å²) in [6, 6.07) is 13.2. The van der Waals surface area contributed by atoms with Gasteiger partial charge in [-0.05, 0) is 35.7 Å². The molecule has 7 heteroatoms. The van der Waals surface area contributed by atoms with Crippen molar-refractivity contribution in [3.05, 3.63) is 54.1 Å². The predicted molar refractivity (Wildman–Crippen MR) is 94.3 cm³/mol. The number of benzene rings is 2. The van der Waals surface area contributed by atoms with Crippen LogP contribution in [0.25, 0.3) is 0 Å². The molecule has 0 aliphatic heterocycles. The quantitative estimate of drug-likeness (QED) is 0.604. The van der Waals surface area contributed by atoms with Gasteiger partial charge in [0.2, 0.25) is 10.0 Å². The molecule has 0 spiro atoms. The topological polar surface area (TPSA) is 81.7 Å². The Bertz CT molecular complexity index is 829. The molecule has 2 aromatic rings. The minimum absolute atomic E-state index is 0.0991. The van der Waals surface area contributed by atoms with Crippen molar-refractivity contribution in [3.63, 3.8) is 0 Å². The third kappa shape index (κ3) is 5.04. The number of carbonyl (C=O) groups excluding carboxylic acids is 1. The minimum atomic E-state index is -3.79. The summed E-state index contributed by atoms with van der Waals surface area (Å²) >= 11 is 0. The van der Waals surface area contributed by atoms with Gasteiger partial charge in [-0.25, -0.2) is 8.42 Å². The van der Waals surface area contributed by atoms with Crippen molar-refractivity contribution < 1.29 is 22.7 Å². The molecule has 134 valence electrons. The van der Waals surface area contributed by atoms with Gasteiger partial charge in [0.15, 0.2) is 11.5 Å². The van der Waals surface area contributed by atoms with Crippen LogP contribution in [0.3, 0.4) is 0 Å². The van der Waals surface area contributed by atoms with E-state index in [-0.39, 0.29) is 10.6 Å². The fraction of sp³-hybridized carbons (Fsp3) is 0.278. The Morgan fingerprint density at radius 2 is 1.64 bits per heavy atom. The van der Waals surface area contributed by atoms with Crippen LogP contribution in [0.2, 0.25) is 0 Å². The Kier molecular flexibility index (Phi) is 6.17. The average molecular weight is 363 g/mol. The molecular weight excluding hydrogens is 342 g/mol. The third-order valence-electron chi connectivity index (χ3n) is 3.56. The van der Waals surface area contributed by atoms with E-state index >= 15 is 0 Å². The first-order valence-corrected chi connectivity index (χ1v) is 9.25. The highest BCUT2D eigenvalue weighted by Crippen LogP contribution is 2.25. The van der Waals surface area contributed by atoms with Crippen molar-refractivity contribution in [2.24, 2.45) is 0 Å². The molecule has 0 aliphatic carbocycles. The standard InChI is InChI=1S/C18H21NO5S/c1-13(2)14-8-10-15(11-9-14)25(21,22)19-12-18(20)24-17-7-5-4-6-16(17)23-3/h4-11,13,19H,12H2,1-3H3. The first kappa shape index (κ1) is 19.0. The molecule has 0 aromatic heterocycles. The van der Waals surface area contributed by atoms with Gasteiger partial charge in [-0.2, -0.15) is 4.72 Å². The molecule has 2 rings (SSSR count). The van der Waals surface area contributed by atoms with Crippen LogP contribution >= 0.6 is 0 Å². The van der Waals surface area contributed by atoms with E-state index in [9.17, 15) is 13.2 Å². The Hall–Kier alpha value is -2.38. The number of hydrogen-bond donors (Lipinski definition) is 1. The molecule has 0 fully saturated rings. The third-order valence-corrected chi connectivity index (χ3v) is 4.97. The lowest BCUT2D eigenvalue weighted by Crippen LogP contribution is -2.32. The Morgan fingerprint density at radius 3 is 2.20 bits per heavy atom. The van der Waals surface area contributed by atoms with Gasteiger partial charge < -0.3 is 9.47 Å². The highest BCUT2D eigenvalue weighted by atomic mass is 32.2. The van der Waals surface area contributed by atoms with Crippen LogP contribution in [-0.2, 0) is 14.8 Å². The van der Waals surface area contributed by atoms with Gasteiger partial charge in [0.1, 0.15) is 6.54 Å². The first-order valence-electron chi connectivity index (χ1n) is 7.77. The maximum absolute atomic E-state index is 12.2. The van der Waals surface area contributed by atoms with Crippen LogP contribution in [0.5, 0.6) is 11.5 Å². The summed E-state index contributed by atoms with van der Waals surface area (Å²) in [4.78, 5) is 12.0. The van der Waals surface area contributed by atoms with Gasteiger partial charge in [-0.15, -0.1) is 0 Å². The lowest BCUT2D eigenvalue weighted by Gasteiger charge is -2.10. The van der Waals surface area contributed by atoms with Crippen molar-refractivity contribution in [1.82, 2.24) is 4.72 Å². The largest absolute Gasteiger partial charge is 0.493 e. The van der Waals surface area contributed by atoms with Gasteiger partial charge in [-0.3, -0.25) is 4.79 Å². The van der Waals surface area contributed by atoms with Crippen molar-refractivity contribution in [3.8, 4) is 11.5 Å². The number of methoxy groups -OCH3 is 1. The molecule has 1 N–H and O–H groups in total. The van der Waals surface area contributed by atoms with E-state index < -0.39 is 22.5 Å².